The van der Waals surface area contributed by atoms with E-state index in [1.807, 2.05) is 0 Å². The number of nitrogens with one attached hydrogen (secondary N) is 2. The predicted octanol–water partition coefficient (Wildman–Crippen LogP) is 3.63. The van der Waals surface area contributed by atoms with E-state index in [9.17, 15) is 9.59 Å². The molecule has 0 aromatic carbocycles. The van der Waals surface area contributed by atoms with Gasteiger partial charge in [0.25, 0.3) is 0 Å². The van der Waals surface area contributed by atoms with E-state index in [4.69, 9.17) is 9.31 Å². The number of carbonyl (C=O) groups is 2. The monoisotopic (exact) mass is 465 g/mol. The van der Waals surface area contributed by atoms with Gasteiger partial charge in [-0.1, -0.05) is 26.7 Å². The van der Waals surface area contributed by atoms with E-state index in [0.717, 1.165) is 51.5 Å². The summed E-state index contributed by atoms with van der Waals surface area (Å²) in [6.45, 7) is 16.4. The van der Waals surface area contributed by atoms with Crippen LogP contribution in [0.2, 0.25) is 6.32 Å². The first-order valence-corrected chi connectivity index (χ1v) is 13.0. The summed E-state index contributed by atoms with van der Waals surface area (Å²) in [6, 6.07) is 0. The molecule has 2 rings (SSSR count). The van der Waals surface area contributed by atoms with Crippen molar-refractivity contribution in [2.75, 3.05) is 26.7 Å². The van der Waals surface area contributed by atoms with Crippen LogP contribution in [0.15, 0.2) is 0 Å². The van der Waals surface area contributed by atoms with Crippen LogP contribution >= 0.6 is 0 Å². The van der Waals surface area contributed by atoms with Crippen molar-refractivity contribution in [2.24, 2.45) is 11.8 Å². The summed E-state index contributed by atoms with van der Waals surface area (Å²) in [5, 5.41) is 6.28. The molecule has 1 aliphatic heterocycles. The quantitative estimate of drug-likeness (QED) is 0.360. The molecule has 0 aromatic heterocycles. The first kappa shape index (κ1) is 28.1. The highest BCUT2D eigenvalue weighted by Crippen LogP contribution is 2.42. The van der Waals surface area contributed by atoms with Crippen LogP contribution in [0.4, 0.5) is 0 Å². The Labute approximate surface area is 202 Å². The van der Waals surface area contributed by atoms with Gasteiger partial charge in [-0.15, -0.1) is 0 Å². The molecular formula is C25H48BN3O4. The van der Waals surface area contributed by atoms with E-state index in [1.165, 1.54) is 6.92 Å². The lowest BCUT2D eigenvalue weighted by molar-refractivity contribution is -0.138. The van der Waals surface area contributed by atoms with Crippen LogP contribution < -0.4 is 10.6 Å². The molecule has 2 aliphatic rings. The van der Waals surface area contributed by atoms with E-state index < -0.39 is 5.54 Å². The van der Waals surface area contributed by atoms with Gasteiger partial charge >= 0.3 is 7.12 Å². The maximum Gasteiger partial charge on any atom is 0.457 e. The number of rotatable bonds is 11. The molecule has 0 aromatic rings. The normalized spacial score (nSPS) is 28.7. The summed E-state index contributed by atoms with van der Waals surface area (Å²) in [6.07, 6.45) is 6.29. The summed E-state index contributed by atoms with van der Waals surface area (Å²) in [5.74, 6) is 0.245. The molecule has 8 heteroatoms. The maximum absolute atomic E-state index is 13.6. The summed E-state index contributed by atoms with van der Waals surface area (Å²) in [7, 11) is 1.85. The van der Waals surface area contributed by atoms with E-state index in [-0.39, 0.29) is 36.1 Å². The predicted molar refractivity (Wildman–Crippen MR) is 134 cm³/mol. The van der Waals surface area contributed by atoms with Crippen molar-refractivity contribution in [3.05, 3.63) is 0 Å². The molecular weight excluding hydrogens is 417 g/mol. The highest BCUT2D eigenvalue weighted by atomic mass is 16.7. The first-order valence-electron chi connectivity index (χ1n) is 13.0. The summed E-state index contributed by atoms with van der Waals surface area (Å²) in [4.78, 5) is 28.2. The molecule has 1 heterocycles. The van der Waals surface area contributed by atoms with Crippen LogP contribution in [-0.2, 0) is 18.9 Å². The van der Waals surface area contributed by atoms with Crippen LogP contribution in [0, 0.1) is 11.8 Å². The van der Waals surface area contributed by atoms with Gasteiger partial charge < -0.3 is 24.8 Å². The molecule has 3 atom stereocenters. The number of carbonyl (C=O) groups excluding carboxylic acids is 2. The summed E-state index contributed by atoms with van der Waals surface area (Å²) >= 11 is 0. The largest absolute Gasteiger partial charge is 0.457 e. The van der Waals surface area contributed by atoms with Gasteiger partial charge in [-0.05, 0) is 79.2 Å². The zero-order chi connectivity index (χ0) is 24.9. The number of nitrogens with zero attached hydrogens (tertiary/aromatic N) is 1. The fourth-order valence-corrected chi connectivity index (χ4v) is 5.20. The zero-order valence-electron chi connectivity index (χ0n) is 22.4. The van der Waals surface area contributed by atoms with Gasteiger partial charge in [0.2, 0.25) is 11.8 Å². The molecule has 1 aliphatic carbocycles. The second-order valence-corrected chi connectivity index (χ2v) is 11.2. The lowest BCUT2D eigenvalue weighted by Crippen LogP contribution is -2.66. The fraction of sp³-hybridized carbons (Fsp3) is 0.920. The Hall–Kier alpha value is -1.12. The molecule has 0 spiro atoms. The van der Waals surface area contributed by atoms with Gasteiger partial charge in [-0.3, -0.25) is 9.59 Å². The van der Waals surface area contributed by atoms with Gasteiger partial charge in [-0.2, -0.15) is 0 Å². The molecule has 1 saturated heterocycles. The molecule has 7 nitrogen and oxygen atoms in total. The van der Waals surface area contributed by atoms with Crippen molar-refractivity contribution >= 4 is 18.9 Å². The molecule has 0 radical (unpaired) electrons. The average Bonchev–Trinajstić information content (AvgIpc) is 2.93. The average molecular weight is 465 g/mol. The zero-order valence-corrected chi connectivity index (χ0v) is 22.4. The molecule has 1 saturated carbocycles. The van der Waals surface area contributed by atoms with Crippen molar-refractivity contribution in [2.45, 2.75) is 110 Å². The molecule has 2 N–H and O–H groups in total. The molecule has 0 bridgehead atoms. The fourth-order valence-electron chi connectivity index (χ4n) is 5.20. The number of hydrogen-bond donors (Lipinski definition) is 2. The van der Waals surface area contributed by atoms with Crippen LogP contribution in [0.25, 0.3) is 0 Å². The second-order valence-electron chi connectivity index (χ2n) is 11.2. The Bertz CT molecular complexity index is 656. The van der Waals surface area contributed by atoms with Crippen molar-refractivity contribution in [3.8, 4) is 0 Å². The maximum atomic E-state index is 13.6. The summed E-state index contributed by atoms with van der Waals surface area (Å²) < 4.78 is 12.4. The van der Waals surface area contributed by atoms with Gasteiger partial charge in [0.1, 0.15) is 5.54 Å². The lowest BCUT2D eigenvalue weighted by Gasteiger charge is -2.47. The van der Waals surface area contributed by atoms with Gasteiger partial charge in [-0.25, -0.2) is 0 Å². The van der Waals surface area contributed by atoms with Gasteiger partial charge in [0.15, 0.2) is 0 Å². The van der Waals surface area contributed by atoms with Crippen molar-refractivity contribution in [1.82, 2.24) is 15.5 Å². The standard InChI is InChI=1S/C25H48BN3O4/c1-9-11-16-27-22(31)25(28-19(3)30)17-20(12-13-21(25)18-29(8)10-2)14-15-26-32-23(4,5)24(6,7)33-26/h20-21H,9-18H2,1-8H3,(H,27,31)(H,28,30)/t20-,21-,25+/m0/s1. The third-order valence-corrected chi connectivity index (χ3v) is 8.04. The Morgan fingerprint density at radius 3 is 2.27 bits per heavy atom. The molecule has 0 unspecified atom stereocenters. The minimum absolute atomic E-state index is 0.0269. The lowest BCUT2D eigenvalue weighted by atomic mass is 9.65. The van der Waals surface area contributed by atoms with Crippen molar-refractivity contribution in [3.63, 3.8) is 0 Å². The third-order valence-electron chi connectivity index (χ3n) is 8.04. The highest BCUT2D eigenvalue weighted by Gasteiger charge is 2.53. The smallest absolute Gasteiger partial charge is 0.403 e. The van der Waals surface area contributed by atoms with E-state index in [2.05, 4.69) is 64.1 Å². The molecule has 190 valence electrons. The Kier molecular flexibility index (Phi) is 9.84. The minimum Gasteiger partial charge on any atom is -0.403 e. The summed E-state index contributed by atoms with van der Waals surface area (Å²) in [5.41, 5.74) is -1.54. The van der Waals surface area contributed by atoms with Crippen molar-refractivity contribution in [1.29, 1.82) is 0 Å². The Balaban J connectivity index is 2.17. The highest BCUT2D eigenvalue weighted by molar-refractivity contribution is 6.45. The molecule has 2 fully saturated rings. The molecule has 2 amide bonds. The Morgan fingerprint density at radius 2 is 1.73 bits per heavy atom. The second kappa shape index (κ2) is 11.5. The van der Waals surface area contributed by atoms with Gasteiger partial charge in [0, 0.05) is 25.9 Å². The van der Waals surface area contributed by atoms with Gasteiger partial charge in [0.05, 0.1) is 11.2 Å². The van der Waals surface area contributed by atoms with E-state index in [0.29, 0.717) is 18.9 Å². The number of hydrogen-bond acceptors (Lipinski definition) is 5. The third kappa shape index (κ3) is 6.95. The number of amides is 2. The Morgan fingerprint density at radius 1 is 1.09 bits per heavy atom. The first-order chi connectivity index (χ1) is 15.4. The SMILES string of the molecule is CCCCNC(=O)[C@@]1(NC(C)=O)C[C@H](CCB2OC(C)(C)C(C)(C)O2)CC[C@H]1CN(C)CC. The topological polar surface area (TPSA) is 79.9 Å². The minimum atomic E-state index is -0.873. The number of unbranched alkanes of at least 4 members (excludes halogenated alkanes) is 1. The van der Waals surface area contributed by atoms with Crippen molar-refractivity contribution < 1.29 is 18.9 Å². The van der Waals surface area contributed by atoms with Crippen LogP contribution in [0.1, 0.15) is 87.0 Å². The van der Waals surface area contributed by atoms with Crippen LogP contribution in [0.5, 0.6) is 0 Å². The van der Waals surface area contributed by atoms with Crippen LogP contribution in [-0.4, -0.2) is 67.3 Å². The van der Waals surface area contributed by atoms with E-state index in [1.54, 1.807) is 0 Å². The van der Waals surface area contributed by atoms with Crippen LogP contribution in [0.3, 0.4) is 0 Å². The molecule has 33 heavy (non-hydrogen) atoms. The van der Waals surface area contributed by atoms with E-state index >= 15 is 0 Å².